The molecule has 0 saturated carbocycles. The average Bonchev–Trinajstić information content (AvgIpc) is 2.58. The number of nitrogens with zero attached hydrogens (tertiary/aromatic N) is 2. The van der Waals surface area contributed by atoms with Crippen molar-refractivity contribution in [3.63, 3.8) is 0 Å². The Balaban J connectivity index is 3.20. The second kappa shape index (κ2) is 10.5. The van der Waals surface area contributed by atoms with Gasteiger partial charge in [0.1, 0.15) is 11.6 Å². The molecule has 1 rings (SSSR count). The number of benzene rings is 1. The first kappa shape index (κ1) is 21.5. The number of likely N-dealkylation sites (N-methyl/N-ethyl adjacent to an activating group) is 1. The van der Waals surface area contributed by atoms with Gasteiger partial charge in [-0.05, 0) is 53.5 Å². The summed E-state index contributed by atoms with van der Waals surface area (Å²) in [6, 6.07) is 5.11. The van der Waals surface area contributed by atoms with Gasteiger partial charge in [0, 0.05) is 14.1 Å². The van der Waals surface area contributed by atoms with Crippen LogP contribution in [0.4, 0.5) is 0 Å². The zero-order valence-corrected chi connectivity index (χ0v) is 16.8. The maximum atomic E-state index is 11.8. The third-order valence-corrected chi connectivity index (χ3v) is 3.69. The van der Waals surface area contributed by atoms with E-state index < -0.39 is 5.97 Å². The third-order valence-electron chi connectivity index (χ3n) is 3.10. The standard InChI is InChI=1S/C18H21BrN2O5/c1-5-24-15-9-12(7-13(10-20)18(23)25-6-2)8-14(19)17(15)26-11-16(22)21(3)4/h7-9H,5-6,11H2,1-4H3/b13-7+. The summed E-state index contributed by atoms with van der Waals surface area (Å²) in [7, 11) is 3.27. The van der Waals surface area contributed by atoms with E-state index in [2.05, 4.69) is 15.9 Å². The zero-order chi connectivity index (χ0) is 19.7. The fourth-order valence-electron chi connectivity index (χ4n) is 1.85. The van der Waals surface area contributed by atoms with Gasteiger partial charge in [-0.1, -0.05) is 0 Å². The molecule has 1 aromatic rings. The second-order valence-electron chi connectivity index (χ2n) is 5.23. The number of hydrogen-bond acceptors (Lipinski definition) is 6. The first-order valence-corrected chi connectivity index (χ1v) is 8.71. The minimum atomic E-state index is -0.694. The highest BCUT2D eigenvalue weighted by Gasteiger charge is 2.16. The molecule has 0 radical (unpaired) electrons. The molecule has 0 heterocycles. The van der Waals surface area contributed by atoms with Crippen LogP contribution in [-0.4, -0.2) is 50.7 Å². The minimum absolute atomic E-state index is 0.127. The summed E-state index contributed by atoms with van der Waals surface area (Å²) < 4.78 is 16.5. The van der Waals surface area contributed by atoms with Crippen LogP contribution in [0.25, 0.3) is 6.08 Å². The smallest absolute Gasteiger partial charge is 0.348 e. The van der Waals surface area contributed by atoms with Crippen molar-refractivity contribution in [2.24, 2.45) is 0 Å². The lowest BCUT2D eigenvalue weighted by Crippen LogP contribution is -2.27. The highest BCUT2D eigenvalue weighted by Crippen LogP contribution is 2.37. The van der Waals surface area contributed by atoms with E-state index in [4.69, 9.17) is 19.5 Å². The molecule has 8 heteroatoms. The van der Waals surface area contributed by atoms with Crippen LogP contribution >= 0.6 is 15.9 Å². The van der Waals surface area contributed by atoms with Crippen molar-refractivity contribution >= 4 is 33.9 Å². The van der Waals surface area contributed by atoms with Crippen LogP contribution in [0.3, 0.4) is 0 Å². The predicted octanol–water partition coefficient (Wildman–Crippen LogP) is 2.78. The molecule has 0 fully saturated rings. The van der Waals surface area contributed by atoms with Crippen molar-refractivity contribution in [2.75, 3.05) is 33.9 Å². The Labute approximate surface area is 161 Å². The molecule has 1 aromatic carbocycles. The lowest BCUT2D eigenvalue weighted by molar-refractivity contribution is -0.138. The average molecular weight is 425 g/mol. The molecule has 0 unspecified atom stereocenters. The van der Waals surface area contributed by atoms with E-state index >= 15 is 0 Å². The van der Waals surface area contributed by atoms with Crippen molar-refractivity contribution in [3.05, 3.63) is 27.7 Å². The van der Waals surface area contributed by atoms with E-state index in [1.165, 1.54) is 11.0 Å². The first-order chi connectivity index (χ1) is 12.3. The number of carbonyl (C=O) groups is 2. The Hall–Kier alpha value is -2.53. The van der Waals surface area contributed by atoms with Crippen LogP contribution < -0.4 is 9.47 Å². The van der Waals surface area contributed by atoms with Crippen LogP contribution in [-0.2, 0) is 14.3 Å². The normalized spacial score (nSPS) is 10.7. The highest BCUT2D eigenvalue weighted by molar-refractivity contribution is 9.10. The molecule has 0 aromatic heterocycles. The quantitative estimate of drug-likeness (QED) is 0.362. The molecule has 0 aliphatic carbocycles. The van der Waals surface area contributed by atoms with E-state index in [1.807, 2.05) is 13.0 Å². The van der Waals surface area contributed by atoms with Crippen LogP contribution in [0.15, 0.2) is 22.2 Å². The SMILES string of the molecule is CCOC(=O)/C(C#N)=C/c1cc(Br)c(OCC(=O)N(C)C)c(OCC)c1. The van der Waals surface area contributed by atoms with Gasteiger partial charge in [0.25, 0.3) is 5.91 Å². The van der Waals surface area contributed by atoms with E-state index in [1.54, 1.807) is 33.2 Å². The summed E-state index contributed by atoms with van der Waals surface area (Å²) in [5.41, 5.74) is 0.425. The summed E-state index contributed by atoms with van der Waals surface area (Å²) in [5, 5.41) is 9.15. The molecule has 140 valence electrons. The number of ether oxygens (including phenoxy) is 3. The van der Waals surface area contributed by atoms with E-state index in [-0.39, 0.29) is 24.7 Å². The Bertz CT molecular complexity index is 738. The molecule has 0 bridgehead atoms. The monoisotopic (exact) mass is 424 g/mol. The Morgan fingerprint density at radius 1 is 1.23 bits per heavy atom. The Kier molecular flexibility index (Phi) is 8.65. The van der Waals surface area contributed by atoms with Crippen molar-refractivity contribution < 1.29 is 23.8 Å². The predicted molar refractivity (Wildman–Crippen MR) is 99.7 cm³/mol. The summed E-state index contributed by atoms with van der Waals surface area (Å²) >= 11 is 3.38. The molecule has 1 amide bonds. The Morgan fingerprint density at radius 3 is 2.46 bits per heavy atom. The fourth-order valence-corrected chi connectivity index (χ4v) is 2.42. The summed E-state index contributed by atoms with van der Waals surface area (Å²) in [6.45, 7) is 3.88. The van der Waals surface area contributed by atoms with Gasteiger partial charge in [0.2, 0.25) is 0 Å². The number of hydrogen-bond donors (Lipinski definition) is 0. The van der Waals surface area contributed by atoms with E-state index in [0.717, 1.165) is 0 Å². The molecule has 0 N–H and O–H groups in total. The van der Waals surface area contributed by atoms with E-state index in [9.17, 15) is 9.59 Å². The van der Waals surface area contributed by atoms with Crippen LogP contribution in [0.1, 0.15) is 19.4 Å². The largest absolute Gasteiger partial charge is 0.490 e. The lowest BCUT2D eigenvalue weighted by Gasteiger charge is -2.16. The molecule has 0 spiro atoms. The molecule has 7 nitrogen and oxygen atoms in total. The minimum Gasteiger partial charge on any atom is -0.490 e. The zero-order valence-electron chi connectivity index (χ0n) is 15.2. The number of halogens is 1. The Morgan fingerprint density at radius 2 is 1.92 bits per heavy atom. The van der Waals surface area contributed by atoms with Crippen molar-refractivity contribution in [3.8, 4) is 17.6 Å². The van der Waals surface area contributed by atoms with Gasteiger partial charge in [-0.25, -0.2) is 4.79 Å². The molecule has 0 saturated heterocycles. The van der Waals surface area contributed by atoms with Gasteiger partial charge in [0.05, 0.1) is 17.7 Å². The number of nitriles is 1. The van der Waals surface area contributed by atoms with Gasteiger partial charge in [-0.3, -0.25) is 4.79 Å². The first-order valence-electron chi connectivity index (χ1n) is 7.92. The van der Waals surface area contributed by atoms with Crippen molar-refractivity contribution in [1.82, 2.24) is 4.90 Å². The molecular weight excluding hydrogens is 404 g/mol. The highest BCUT2D eigenvalue weighted by atomic mass is 79.9. The summed E-state index contributed by atoms with van der Waals surface area (Å²) in [5.74, 6) is -0.131. The summed E-state index contributed by atoms with van der Waals surface area (Å²) in [4.78, 5) is 24.9. The molecule has 0 atom stereocenters. The van der Waals surface area contributed by atoms with Gasteiger partial charge in [0.15, 0.2) is 18.1 Å². The number of amides is 1. The van der Waals surface area contributed by atoms with Gasteiger partial charge in [-0.2, -0.15) is 5.26 Å². The van der Waals surface area contributed by atoms with Crippen LogP contribution in [0.5, 0.6) is 11.5 Å². The number of rotatable bonds is 8. The van der Waals surface area contributed by atoms with Gasteiger partial charge in [-0.15, -0.1) is 0 Å². The van der Waals surface area contributed by atoms with Gasteiger partial charge < -0.3 is 19.1 Å². The number of carbonyl (C=O) groups excluding carboxylic acids is 2. The topological polar surface area (TPSA) is 88.9 Å². The lowest BCUT2D eigenvalue weighted by atomic mass is 10.1. The second-order valence-corrected chi connectivity index (χ2v) is 6.08. The molecule has 0 aliphatic rings. The maximum absolute atomic E-state index is 11.8. The van der Waals surface area contributed by atoms with Crippen LogP contribution in [0, 0.1) is 11.3 Å². The van der Waals surface area contributed by atoms with Crippen LogP contribution in [0.2, 0.25) is 0 Å². The number of esters is 1. The molecule has 0 aliphatic heterocycles. The van der Waals surface area contributed by atoms with E-state index in [0.29, 0.717) is 28.1 Å². The fraction of sp³-hybridized carbons (Fsp3) is 0.389. The van der Waals surface area contributed by atoms with Gasteiger partial charge >= 0.3 is 5.97 Å². The maximum Gasteiger partial charge on any atom is 0.348 e. The van der Waals surface area contributed by atoms with Crippen molar-refractivity contribution in [2.45, 2.75) is 13.8 Å². The summed E-state index contributed by atoms with van der Waals surface area (Å²) in [6.07, 6.45) is 1.40. The van der Waals surface area contributed by atoms with Crippen molar-refractivity contribution in [1.29, 1.82) is 5.26 Å². The molecular formula is C18H21BrN2O5. The third kappa shape index (κ3) is 6.08. The molecule has 26 heavy (non-hydrogen) atoms.